The van der Waals surface area contributed by atoms with E-state index in [1.54, 1.807) is 24.3 Å². The van der Waals surface area contributed by atoms with Gasteiger partial charge in [-0.2, -0.15) is 5.26 Å². The summed E-state index contributed by atoms with van der Waals surface area (Å²) in [5, 5.41) is 11.0. The van der Waals surface area contributed by atoms with Crippen LogP contribution >= 0.6 is 15.9 Å². The number of benzene rings is 1. The zero-order valence-corrected chi connectivity index (χ0v) is 16.0. The Morgan fingerprint density at radius 1 is 1.46 bits per heavy atom. The molecule has 1 aromatic carbocycles. The van der Waals surface area contributed by atoms with Crippen LogP contribution in [0.15, 0.2) is 34.9 Å². The van der Waals surface area contributed by atoms with Crippen LogP contribution in [-0.4, -0.2) is 41.0 Å². The first-order valence-electron chi connectivity index (χ1n) is 8.43. The molecule has 2 aliphatic rings. The summed E-state index contributed by atoms with van der Waals surface area (Å²) in [6.07, 6.45) is 0.330. The smallest absolute Gasteiger partial charge is 0.254 e. The highest BCUT2D eigenvalue weighted by Crippen LogP contribution is 2.54. The standard InChI is InChI=1S/C19H13BrF2N4O2/c20-11-1-2-12-13(4-11)19(5-15(19)22)9-26(18(12)28)8-16(27)25-17-14(21)3-10(6-23)7-24-17/h1-4,7,15H,5,8-9H2,(H,24,25,27)/t15-,19-/m0/s1. The number of hydrogen-bond donors (Lipinski definition) is 1. The number of amides is 2. The third kappa shape index (κ3) is 3.03. The van der Waals surface area contributed by atoms with Gasteiger partial charge in [-0.15, -0.1) is 0 Å². The number of rotatable bonds is 3. The molecular weight excluding hydrogens is 434 g/mol. The van der Waals surface area contributed by atoms with Gasteiger partial charge in [0.05, 0.1) is 5.56 Å². The van der Waals surface area contributed by atoms with Crippen LogP contribution in [0.1, 0.15) is 27.9 Å². The van der Waals surface area contributed by atoms with E-state index in [4.69, 9.17) is 5.26 Å². The second-order valence-electron chi connectivity index (χ2n) is 6.89. The molecule has 1 aliphatic carbocycles. The fourth-order valence-corrected chi connectivity index (χ4v) is 3.91. The Kier molecular flexibility index (Phi) is 4.38. The van der Waals surface area contributed by atoms with Gasteiger partial charge in [0.25, 0.3) is 5.91 Å². The number of aromatic nitrogens is 1. The zero-order chi connectivity index (χ0) is 20.1. The summed E-state index contributed by atoms with van der Waals surface area (Å²) < 4.78 is 28.9. The highest BCUT2D eigenvalue weighted by molar-refractivity contribution is 9.10. The molecule has 6 nitrogen and oxygen atoms in total. The molecule has 1 spiro atoms. The first-order chi connectivity index (χ1) is 13.3. The van der Waals surface area contributed by atoms with Crippen molar-refractivity contribution < 1.29 is 18.4 Å². The monoisotopic (exact) mass is 446 g/mol. The predicted molar refractivity (Wildman–Crippen MR) is 98.8 cm³/mol. The van der Waals surface area contributed by atoms with Crippen LogP contribution in [0.3, 0.4) is 0 Å². The van der Waals surface area contributed by atoms with Crippen molar-refractivity contribution in [3.8, 4) is 6.07 Å². The molecule has 0 radical (unpaired) electrons. The van der Waals surface area contributed by atoms with Gasteiger partial charge in [0.15, 0.2) is 11.6 Å². The highest BCUT2D eigenvalue weighted by Gasteiger charge is 2.61. The van der Waals surface area contributed by atoms with Gasteiger partial charge in [0, 0.05) is 28.2 Å². The quantitative estimate of drug-likeness (QED) is 0.784. The predicted octanol–water partition coefficient (Wildman–Crippen LogP) is 2.93. The van der Waals surface area contributed by atoms with E-state index in [0.717, 1.165) is 16.7 Å². The van der Waals surface area contributed by atoms with Gasteiger partial charge in [-0.3, -0.25) is 9.59 Å². The van der Waals surface area contributed by atoms with Crippen LogP contribution in [0.4, 0.5) is 14.6 Å². The molecule has 2 aromatic rings. The number of carbonyl (C=O) groups excluding carboxylic acids is 2. The molecule has 1 aliphatic heterocycles. The molecule has 28 heavy (non-hydrogen) atoms. The number of fused-ring (bicyclic) bond motifs is 2. The normalized spacial score (nSPS) is 22.6. The molecule has 142 valence electrons. The van der Waals surface area contributed by atoms with Crippen molar-refractivity contribution in [1.82, 2.24) is 9.88 Å². The SMILES string of the molecule is N#Cc1cnc(NC(=O)CN2C[C@@]3(C[C@@H]3F)c3cc(Br)ccc3C2=O)c(F)c1. The third-order valence-corrected chi connectivity index (χ3v) is 5.55. The average molecular weight is 447 g/mol. The lowest BCUT2D eigenvalue weighted by molar-refractivity contribution is -0.117. The van der Waals surface area contributed by atoms with Crippen LogP contribution in [0, 0.1) is 17.1 Å². The third-order valence-electron chi connectivity index (χ3n) is 5.05. The fraction of sp³-hybridized carbons (Fsp3) is 0.263. The topological polar surface area (TPSA) is 86.1 Å². The first kappa shape index (κ1) is 18.5. The van der Waals surface area contributed by atoms with Crippen molar-refractivity contribution >= 4 is 33.6 Å². The lowest BCUT2D eigenvalue weighted by Crippen LogP contribution is -2.47. The minimum Gasteiger partial charge on any atom is -0.328 e. The van der Waals surface area contributed by atoms with Gasteiger partial charge in [0.2, 0.25) is 5.91 Å². The number of anilines is 1. The molecule has 0 unspecified atom stereocenters. The van der Waals surface area contributed by atoms with E-state index in [1.807, 2.05) is 0 Å². The molecule has 1 aromatic heterocycles. The Bertz CT molecular complexity index is 1050. The minimum atomic E-state index is -1.09. The maximum Gasteiger partial charge on any atom is 0.254 e. The number of hydrogen-bond acceptors (Lipinski definition) is 4. The van der Waals surface area contributed by atoms with Gasteiger partial charge in [-0.1, -0.05) is 15.9 Å². The number of alkyl halides is 1. The summed E-state index contributed by atoms with van der Waals surface area (Å²) in [5.41, 5.74) is 0.237. The summed E-state index contributed by atoms with van der Waals surface area (Å²) in [4.78, 5) is 30.1. The van der Waals surface area contributed by atoms with E-state index in [1.165, 1.54) is 4.90 Å². The average Bonchev–Trinajstić information content (AvgIpc) is 3.31. The number of nitrogens with one attached hydrogen (secondary N) is 1. The summed E-state index contributed by atoms with van der Waals surface area (Å²) in [6.45, 7) is -0.281. The van der Waals surface area contributed by atoms with Gasteiger partial charge in [-0.25, -0.2) is 13.8 Å². The van der Waals surface area contributed by atoms with Crippen molar-refractivity contribution in [2.24, 2.45) is 0 Å². The molecule has 9 heteroatoms. The van der Waals surface area contributed by atoms with Crippen molar-refractivity contribution in [2.75, 3.05) is 18.4 Å². The van der Waals surface area contributed by atoms with Gasteiger partial charge < -0.3 is 10.2 Å². The maximum absolute atomic E-state index is 14.2. The van der Waals surface area contributed by atoms with E-state index >= 15 is 0 Å². The molecule has 2 amide bonds. The van der Waals surface area contributed by atoms with Crippen LogP contribution < -0.4 is 5.32 Å². The van der Waals surface area contributed by atoms with E-state index in [0.29, 0.717) is 11.1 Å². The molecule has 2 heterocycles. The molecule has 2 atom stereocenters. The van der Waals surface area contributed by atoms with Crippen LogP contribution in [0.5, 0.6) is 0 Å². The molecule has 4 rings (SSSR count). The maximum atomic E-state index is 14.2. The zero-order valence-electron chi connectivity index (χ0n) is 14.4. The van der Waals surface area contributed by atoms with Crippen molar-refractivity contribution in [1.29, 1.82) is 5.26 Å². The Hall–Kier alpha value is -2.86. The molecule has 1 fully saturated rings. The molecular formula is C19H13BrF2N4O2. The highest BCUT2D eigenvalue weighted by atomic mass is 79.9. The van der Waals surface area contributed by atoms with E-state index in [2.05, 4.69) is 26.2 Å². The van der Waals surface area contributed by atoms with Crippen LogP contribution in [0.25, 0.3) is 0 Å². The van der Waals surface area contributed by atoms with Crippen LogP contribution in [0.2, 0.25) is 0 Å². The number of nitrogens with zero attached hydrogens (tertiary/aromatic N) is 3. The minimum absolute atomic E-state index is 0.0223. The summed E-state index contributed by atoms with van der Waals surface area (Å²) in [6, 6.07) is 7.76. The number of halogens is 3. The van der Waals surface area contributed by atoms with Crippen molar-refractivity contribution in [3.05, 3.63) is 57.4 Å². The molecule has 0 saturated heterocycles. The van der Waals surface area contributed by atoms with E-state index in [9.17, 15) is 18.4 Å². The Morgan fingerprint density at radius 2 is 2.21 bits per heavy atom. The van der Waals surface area contributed by atoms with E-state index < -0.39 is 23.3 Å². The fourth-order valence-electron chi connectivity index (χ4n) is 3.55. The summed E-state index contributed by atoms with van der Waals surface area (Å²) >= 11 is 3.35. The number of nitriles is 1. The summed E-state index contributed by atoms with van der Waals surface area (Å²) in [5.74, 6) is -2.22. The van der Waals surface area contributed by atoms with E-state index in [-0.39, 0.29) is 36.8 Å². The Balaban J connectivity index is 1.54. The van der Waals surface area contributed by atoms with Crippen molar-refractivity contribution in [3.63, 3.8) is 0 Å². The first-order valence-corrected chi connectivity index (χ1v) is 9.22. The molecule has 0 bridgehead atoms. The Morgan fingerprint density at radius 3 is 2.86 bits per heavy atom. The van der Waals surface area contributed by atoms with Gasteiger partial charge in [0.1, 0.15) is 18.8 Å². The largest absolute Gasteiger partial charge is 0.328 e. The molecule has 1 N–H and O–H groups in total. The van der Waals surface area contributed by atoms with Gasteiger partial charge in [-0.05, 0) is 36.2 Å². The summed E-state index contributed by atoms with van der Waals surface area (Å²) in [7, 11) is 0. The van der Waals surface area contributed by atoms with Crippen molar-refractivity contribution in [2.45, 2.75) is 18.0 Å². The Labute approximate surface area is 167 Å². The lowest BCUT2D eigenvalue weighted by Gasteiger charge is -2.34. The number of pyridine rings is 1. The molecule has 1 saturated carbocycles. The van der Waals surface area contributed by atoms with Crippen LogP contribution in [-0.2, 0) is 10.2 Å². The lowest BCUT2D eigenvalue weighted by atomic mass is 9.86. The second kappa shape index (κ2) is 6.63. The second-order valence-corrected chi connectivity index (χ2v) is 7.81. The van der Waals surface area contributed by atoms with Gasteiger partial charge >= 0.3 is 0 Å². The number of carbonyl (C=O) groups is 2.